The van der Waals surface area contributed by atoms with E-state index in [2.05, 4.69) is 0 Å². The van der Waals surface area contributed by atoms with Crippen LogP contribution in [0.4, 0.5) is 0 Å². The highest BCUT2D eigenvalue weighted by atomic mass is 35.5. The second-order valence-electron chi connectivity index (χ2n) is 8.59. The molecule has 0 unspecified atom stereocenters. The fourth-order valence-electron chi connectivity index (χ4n) is 4.34. The molecule has 1 aliphatic rings. The summed E-state index contributed by atoms with van der Waals surface area (Å²) in [5.74, 6) is -0.118. The normalized spacial score (nSPS) is 15.8. The van der Waals surface area contributed by atoms with E-state index in [4.69, 9.17) is 11.6 Å². The van der Waals surface area contributed by atoms with Gasteiger partial charge in [0.1, 0.15) is 0 Å². The van der Waals surface area contributed by atoms with Crippen LogP contribution in [-0.4, -0.2) is 43.7 Å². The average Bonchev–Trinajstić information content (AvgIpc) is 2.72. The lowest BCUT2D eigenvalue weighted by Gasteiger charge is -2.33. The number of sulfonamides is 1. The number of hydrogen-bond acceptors (Lipinski definition) is 3. The Morgan fingerprint density at radius 3 is 2.19 bits per heavy atom. The fourth-order valence-corrected chi connectivity index (χ4v) is 6.60. The zero-order valence-corrected chi connectivity index (χ0v) is 20.5. The minimum absolute atomic E-state index is 0.0517. The van der Waals surface area contributed by atoms with Crippen LogP contribution in [0, 0.1) is 33.6 Å². The molecule has 0 bridgehead atoms. The van der Waals surface area contributed by atoms with Crippen molar-refractivity contribution in [2.24, 2.45) is 5.92 Å². The molecule has 0 radical (unpaired) electrons. The summed E-state index contributed by atoms with van der Waals surface area (Å²) < 4.78 is 28.4. The van der Waals surface area contributed by atoms with Crippen LogP contribution in [0.15, 0.2) is 35.2 Å². The van der Waals surface area contributed by atoms with Crippen molar-refractivity contribution < 1.29 is 13.2 Å². The van der Waals surface area contributed by atoms with Crippen LogP contribution < -0.4 is 0 Å². The number of piperidine rings is 1. The molecule has 31 heavy (non-hydrogen) atoms. The number of benzene rings is 2. The van der Waals surface area contributed by atoms with Gasteiger partial charge in [-0.05, 0) is 80.5 Å². The standard InChI is InChI=1S/C24H31ClN2O3S/c1-16-13-17(2)19(4)23(18(16)3)31(29,30)27-11-9-21(10-12-27)24(28)26(5)15-20-7-6-8-22(25)14-20/h6-8,13-14,21H,9-12,15H2,1-5H3. The molecule has 0 atom stereocenters. The van der Waals surface area contributed by atoms with E-state index in [1.807, 2.05) is 58.0 Å². The molecule has 0 aromatic heterocycles. The third kappa shape index (κ3) is 4.97. The van der Waals surface area contributed by atoms with Gasteiger partial charge < -0.3 is 4.90 Å². The predicted octanol–water partition coefficient (Wildman–Crippen LogP) is 4.63. The molecule has 2 aromatic carbocycles. The third-order valence-corrected chi connectivity index (χ3v) is 8.79. The van der Waals surface area contributed by atoms with Crippen molar-refractivity contribution in [3.05, 3.63) is 63.2 Å². The van der Waals surface area contributed by atoms with Crippen LogP contribution in [0.2, 0.25) is 5.02 Å². The predicted molar refractivity (Wildman–Crippen MR) is 125 cm³/mol. The van der Waals surface area contributed by atoms with Crippen molar-refractivity contribution in [1.82, 2.24) is 9.21 Å². The summed E-state index contributed by atoms with van der Waals surface area (Å²) in [6.07, 6.45) is 1.06. The van der Waals surface area contributed by atoms with E-state index in [1.165, 1.54) is 0 Å². The zero-order valence-electron chi connectivity index (χ0n) is 18.9. The van der Waals surface area contributed by atoms with Crippen LogP contribution >= 0.6 is 11.6 Å². The second kappa shape index (κ2) is 9.31. The summed E-state index contributed by atoms with van der Waals surface area (Å²) in [6.45, 7) is 8.83. The van der Waals surface area contributed by atoms with Gasteiger partial charge in [0.25, 0.3) is 0 Å². The first-order valence-electron chi connectivity index (χ1n) is 10.6. The number of hydrogen-bond donors (Lipinski definition) is 0. The van der Waals surface area contributed by atoms with E-state index >= 15 is 0 Å². The van der Waals surface area contributed by atoms with Gasteiger partial charge in [0, 0.05) is 37.6 Å². The van der Waals surface area contributed by atoms with Crippen LogP contribution in [-0.2, 0) is 21.4 Å². The van der Waals surface area contributed by atoms with Gasteiger partial charge in [0.15, 0.2) is 0 Å². The molecule has 3 rings (SSSR count). The van der Waals surface area contributed by atoms with E-state index < -0.39 is 10.0 Å². The highest BCUT2D eigenvalue weighted by molar-refractivity contribution is 7.89. The van der Waals surface area contributed by atoms with Crippen molar-refractivity contribution in [2.75, 3.05) is 20.1 Å². The Morgan fingerprint density at radius 2 is 1.65 bits per heavy atom. The van der Waals surface area contributed by atoms with Gasteiger partial charge in [-0.25, -0.2) is 8.42 Å². The Morgan fingerprint density at radius 1 is 1.06 bits per heavy atom. The van der Waals surface area contributed by atoms with Crippen LogP contribution in [0.3, 0.4) is 0 Å². The SMILES string of the molecule is Cc1cc(C)c(C)c(S(=O)(=O)N2CCC(C(=O)N(C)Cc3cccc(Cl)c3)CC2)c1C. The van der Waals surface area contributed by atoms with Gasteiger partial charge in [-0.3, -0.25) is 4.79 Å². The van der Waals surface area contributed by atoms with Gasteiger partial charge in [0.05, 0.1) is 4.90 Å². The van der Waals surface area contributed by atoms with Crippen molar-refractivity contribution in [2.45, 2.75) is 52.0 Å². The lowest BCUT2D eigenvalue weighted by Crippen LogP contribution is -2.43. The van der Waals surface area contributed by atoms with Crippen LogP contribution in [0.25, 0.3) is 0 Å². The van der Waals surface area contributed by atoms with Gasteiger partial charge >= 0.3 is 0 Å². The molecule has 0 spiro atoms. The molecule has 1 amide bonds. The second-order valence-corrected chi connectivity index (χ2v) is 10.9. The first-order chi connectivity index (χ1) is 14.5. The summed E-state index contributed by atoms with van der Waals surface area (Å²) in [7, 11) is -1.81. The smallest absolute Gasteiger partial charge is 0.243 e. The minimum atomic E-state index is -3.60. The van der Waals surface area contributed by atoms with Crippen LogP contribution in [0.5, 0.6) is 0 Å². The van der Waals surface area contributed by atoms with E-state index in [9.17, 15) is 13.2 Å². The first-order valence-corrected chi connectivity index (χ1v) is 12.4. The number of carbonyl (C=O) groups excluding carboxylic acids is 1. The number of rotatable bonds is 5. The molecule has 0 saturated carbocycles. The number of amides is 1. The largest absolute Gasteiger partial charge is 0.341 e. The van der Waals surface area contributed by atoms with Crippen molar-refractivity contribution in [3.8, 4) is 0 Å². The summed E-state index contributed by atoms with van der Waals surface area (Å²) in [4.78, 5) is 15.1. The Hall–Kier alpha value is -1.89. The van der Waals surface area contributed by atoms with Crippen molar-refractivity contribution in [1.29, 1.82) is 0 Å². The van der Waals surface area contributed by atoms with E-state index in [1.54, 1.807) is 16.3 Å². The molecular formula is C24H31ClN2O3S. The Labute approximate surface area is 191 Å². The first kappa shape index (κ1) is 23.8. The molecule has 0 aliphatic carbocycles. The molecular weight excluding hydrogens is 432 g/mol. The zero-order chi connectivity index (χ0) is 22.9. The van der Waals surface area contributed by atoms with Crippen molar-refractivity contribution in [3.63, 3.8) is 0 Å². The molecule has 1 saturated heterocycles. The van der Waals surface area contributed by atoms with E-state index in [-0.39, 0.29) is 11.8 Å². The summed E-state index contributed by atoms with van der Waals surface area (Å²) >= 11 is 6.04. The molecule has 0 N–H and O–H groups in total. The van der Waals surface area contributed by atoms with Gasteiger partial charge in [-0.1, -0.05) is 29.8 Å². The molecule has 1 fully saturated rings. The Balaban J connectivity index is 1.70. The number of aryl methyl sites for hydroxylation is 2. The average molecular weight is 463 g/mol. The van der Waals surface area contributed by atoms with E-state index in [0.29, 0.717) is 42.4 Å². The van der Waals surface area contributed by atoms with E-state index in [0.717, 1.165) is 27.8 Å². The van der Waals surface area contributed by atoms with Gasteiger partial charge in [-0.15, -0.1) is 0 Å². The number of nitrogens with zero attached hydrogens (tertiary/aromatic N) is 2. The lowest BCUT2D eigenvalue weighted by atomic mass is 9.96. The maximum Gasteiger partial charge on any atom is 0.243 e. The van der Waals surface area contributed by atoms with Crippen LogP contribution in [0.1, 0.15) is 40.7 Å². The summed E-state index contributed by atoms with van der Waals surface area (Å²) in [6, 6.07) is 9.51. The topological polar surface area (TPSA) is 57.7 Å². The maximum absolute atomic E-state index is 13.4. The molecule has 5 nitrogen and oxygen atoms in total. The number of halogens is 1. The van der Waals surface area contributed by atoms with Gasteiger partial charge in [-0.2, -0.15) is 4.31 Å². The third-order valence-electron chi connectivity index (χ3n) is 6.38. The van der Waals surface area contributed by atoms with Gasteiger partial charge in [0.2, 0.25) is 15.9 Å². The summed E-state index contributed by atoms with van der Waals surface area (Å²) in [5.41, 5.74) is 4.55. The summed E-state index contributed by atoms with van der Waals surface area (Å²) in [5, 5.41) is 0.647. The maximum atomic E-state index is 13.4. The quantitative estimate of drug-likeness (QED) is 0.650. The minimum Gasteiger partial charge on any atom is -0.341 e. The molecule has 2 aromatic rings. The lowest BCUT2D eigenvalue weighted by molar-refractivity contribution is -0.135. The fraction of sp³-hybridized carbons (Fsp3) is 0.458. The highest BCUT2D eigenvalue weighted by Gasteiger charge is 2.35. The molecule has 1 heterocycles. The monoisotopic (exact) mass is 462 g/mol. The highest BCUT2D eigenvalue weighted by Crippen LogP contribution is 2.31. The van der Waals surface area contributed by atoms with Crippen molar-refractivity contribution >= 4 is 27.5 Å². The molecule has 1 aliphatic heterocycles. The Kier molecular flexibility index (Phi) is 7.14. The molecule has 7 heteroatoms. The number of carbonyl (C=O) groups is 1. The Bertz CT molecular complexity index is 1060. The molecule has 168 valence electrons.